The molecule has 0 aromatic heterocycles. The molecule has 15 heavy (non-hydrogen) atoms. The van der Waals surface area contributed by atoms with Gasteiger partial charge in [0, 0.05) is 0 Å². The van der Waals surface area contributed by atoms with E-state index < -0.39 is 24.3 Å². The van der Waals surface area contributed by atoms with E-state index in [9.17, 15) is 14.4 Å². The minimum atomic E-state index is -1.20. The van der Waals surface area contributed by atoms with Gasteiger partial charge in [-0.25, -0.2) is 0 Å². The summed E-state index contributed by atoms with van der Waals surface area (Å²) in [5.74, 6) is -2.29. The topological polar surface area (TPSA) is 74.7 Å². The highest BCUT2D eigenvalue weighted by molar-refractivity contribution is 6.22. The van der Waals surface area contributed by atoms with Crippen LogP contribution in [0.15, 0.2) is 24.3 Å². The zero-order chi connectivity index (χ0) is 11.0. The van der Waals surface area contributed by atoms with Gasteiger partial charge >= 0.3 is 5.97 Å². The number of fused-ring (bicyclic) bond motifs is 1. The van der Waals surface area contributed by atoms with Crippen molar-refractivity contribution in [3.63, 3.8) is 0 Å². The summed E-state index contributed by atoms with van der Waals surface area (Å²) in [6, 6.07) is 6.29. The Kier molecular flexibility index (Phi) is 2.00. The largest absolute Gasteiger partial charge is 0.480 e. The number of carboxylic acid groups (broad SMARTS) is 1. The Hall–Kier alpha value is -2.17. The predicted molar refractivity (Wildman–Crippen MR) is 49.4 cm³/mol. The number of hydrogen-bond acceptors (Lipinski definition) is 3. The maximum absolute atomic E-state index is 11.6. The van der Waals surface area contributed by atoms with Gasteiger partial charge in [-0.3, -0.25) is 19.3 Å². The molecule has 1 heterocycles. The normalized spacial score (nSPS) is 14.3. The number of carbonyl (C=O) groups excluding carboxylic acids is 2. The van der Waals surface area contributed by atoms with Crippen LogP contribution in [-0.4, -0.2) is 34.3 Å². The Morgan fingerprint density at radius 3 is 2.00 bits per heavy atom. The fourth-order valence-electron chi connectivity index (χ4n) is 1.52. The number of nitrogens with zero attached hydrogens (tertiary/aromatic N) is 1. The van der Waals surface area contributed by atoms with Crippen molar-refractivity contribution in [2.45, 2.75) is 0 Å². The molecule has 2 rings (SSSR count). The number of aliphatic carboxylic acids is 1. The van der Waals surface area contributed by atoms with Gasteiger partial charge in [0.05, 0.1) is 11.1 Å². The molecule has 0 saturated heterocycles. The molecule has 0 radical (unpaired) electrons. The lowest BCUT2D eigenvalue weighted by atomic mass is 10.1. The number of carboxylic acids is 1. The minimum Gasteiger partial charge on any atom is -0.480 e. The van der Waals surface area contributed by atoms with Crippen LogP contribution in [0.1, 0.15) is 20.7 Å². The number of rotatable bonds is 2. The minimum absolute atomic E-state index is 0.267. The summed E-state index contributed by atoms with van der Waals surface area (Å²) < 4.78 is 0. The molecule has 5 heteroatoms. The van der Waals surface area contributed by atoms with Crippen molar-refractivity contribution in [3.05, 3.63) is 35.4 Å². The van der Waals surface area contributed by atoms with Crippen molar-refractivity contribution in [1.29, 1.82) is 0 Å². The zero-order valence-corrected chi connectivity index (χ0v) is 7.64. The third-order valence-electron chi connectivity index (χ3n) is 2.17. The summed E-state index contributed by atoms with van der Waals surface area (Å²) in [6.07, 6.45) is 0. The Balaban J connectivity index is 2.41. The molecule has 0 saturated carbocycles. The first-order valence-electron chi connectivity index (χ1n) is 4.28. The number of carbonyl (C=O) groups is 3. The molecule has 1 aliphatic heterocycles. The predicted octanol–water partition coefficient (Wildman–Crippen LogP) is 0.367. The fourth-order valence-corrected chi connectivity index (χ4v) is 1.52. The second-order valence-electron chi connectivity index (χ2n) is 3.14. The molecule has 5 nitrogen and oxygen atoms in total. The van der Waals surface area contributed by atoms with E-state index in [-0.39, 0.29) is 11.1 Å². The Morgan fingerprint density at radius 2 is 1.60 bits per heavy atom. The van der Waals surface area contributed by atoms with E-state index in [1.54, 1.807) is 12.1 Å². The van der Waals surface area contributed by atoms with Crippen LogP contribution in [-0.2, 0) is 4.79 Å². The van der Waals surface area contributed by atoms with E-state index in [0.29, 0.717) is 0 Å². The van der Waals surface area contributed by atoms with Gasteiger partial charge in [-0.2, -0.15) is 0 Å². The highest BCUT2D eigenvalue weighted by atomic mass is 16.4. The van der Waals surface area contributed by atoms with Crippen molar-refractivity contribution in [3.8, 4) is 0 Å². The molecule has 0 spiro atoms. The Morgan fingerprint density at radius 1 is 1.13 bits per heavy atom. The molecule has 2 amide bonds. The zero-order valence-electron chi connectivity index (χ0n) is 7.64. The third-order valence-corrected chi connectivity index (χ3v) is 2.17. The van der Waals surface area contributed by atoms with Gasteiger partial charge in [-0.05, 0) is 12.1 Å². The quantitative estimate of drug-likeness (QED) is 0.560. The number of amides is 2. The first kappa shape index (κ1) is 9.39. The SMILES string of the molecule is O=C(O)[13CH2]N1C(=O)c2ccccc2C1=O. The summed E-state index contributed by atoms with van der Waals surface area (Å²) in [4.78, 5) is 34.3. The lowest BCUT2D eigenvalue weighted by molar-refractivity contribution is -0.137. The fraction of sp³-hybridized carbons (Fsp3) is 0.100. The molecule has 0 bridgehead atoms. The first-order valence-corrected chi connectivity index (χ1v) is 4.28. The van der Waals surface area contributed by atoms with E-state index in [1.165, 1.54) is 12.1 Å². The Bertz CT molecular complexity index is 431. The van der Waals surface area contributed by atoms with Gasteiger partial charge in [-0.15, -0.1) is 0 Å². The van der Waals surface area contributed by atoms with Crippen molar-refractivity contribution in [2.75, 3.05) is 6.54 Å². The molecule has 0 aliphatic carbocycles. The third kappa shape index (κ3) is 1.38. The molecule has 76 valence electrons. The highest BCUT2D eigenvalue weighted by Gasteiger charge is 2.35. The average molecular weight is 206 g/mol. The van der Waals surface area contributed by atoms with Crippen molar-refractivity contribution >= 4 is 17.8 Å². The van der Waals surface area contributed by atoms with E-state index >= 15 is 0 Å². The molecule has 1 aromatic carbocycles. The van der Waals surface area contributed by atoms with Crippen LogP contribution >= 0.6 is 0 Å². The van der Waals surface area contributed by atoms with Crippen molar-refractivity contribution < 1.29 is 19.5 Å². The second kappa shape index (κ2) is 3.20. The van der Waals surface area contributed by atoms with E-state index in [4.69, 9.17) is 5.11 Å². The number of hydrogen-bond donors (Lipinski definition) is 1. The van der Waals surface area contributed by atoms with Gasteiger partial charge in [0.15, 0.2) is 0 Å². The van der Waals surface area contributed by atoms with Crippen LogP contribution in [0.3, 0.4) is 0 Å². The average Bonchev–Trinajstić information content (AvgIpc) is 2.44. The summed E-state index contributed by atoms with van der Waals surface area (Å²) >= 11 is 0. The summed E-state index contributed by atoms with van der Waals surface area (Å²) in [6.45, 7) is -0.591. The van der Waals surface area contributed by atoms with E-state index in [2.05, 4.69) is 0 Å². The van der Waals surface area contributed by atoms with Crippen LogP contribution in [0, 0.1) is 0 Å². The lowest BCUT2D eigenvalue weighted by Crippen LogP contribution is -2.34. The monoisotopic (exact) mass is 206 g/mol. The van der Waals surface area contributed by atoms with Gasteiger partial charge in [0.25, 0.3) is 11.8 Å². The van der Waals surface area contributed by atoms with Crippen LogP contribution in [0.2, 0.25) is 0 Å². The standard InChI is InChI=1S/C10H7NO4/c12-8(13)5-11-9(14)6-3-1-2-4-7(6)10(11)15/h1-4H,5H2,(H,12,13)/i5+1. The molecule has 1 aromatic rings. The second-order valence-corrected chi connectivity index (χ2v) is 3.14. The maximum atomic E-state index is 11.6. The molecule has 0 atom stereocenters. The summed E-state index contributed by atoms with van der Waals surface area (Å²) in [7, 11) is 0. The molecule has 0 fully saturated rings. The first-order chi connectivity index (χ1) is 7.11. The number of benzene rings is 1. The van der Waals surface area contributed by atoms with Crippen molar-refractivity contribution in [2.24, 2.45) is 0 Å². The molecular weight excluding hydrogens is 199 g/mol. The Labute approximate surface area is 84.9 Å². The van der Waals surface area contributed by atoms with Crippen LogP contribution < -0.4 is 0 Å². The van der Waals surface area contributed by atoms with Crippen LogP contribution in [0.4, 0.5) is 0 Å². The van der Waals surface area contributed by atoms with E-state index in [1.807, 2.05) is 0 Å². The molecule has 1 N–H and O–H groups in total. The maximum Gasteiger partial charge on any atom is 0.323 e. The van der Waals surface area contributed by atoms with Crippen LogP contribution in [0.5, 0.6) is 0 Å². The van der Waals surface area contributed by atoms with Gasteiger partial charge < -0.3 is 5.11 Å². The summed E-state index contributed by atoms with van der Waals surface area (Å²) in [5, 5.41) is 8.54. The lowest BCUT2D eigenvalue weighted by Gasteiger charge is -2.09. The van der Waals surface area contributed by atoms with Gasteiger partial charge in [0.2, 0.25) is 0 Å². The smallest absolute Gasteiger partial charge is 0.323 e. The summed E-state index contributed by atoms with van der Waals surface area (Å²) in [5.41, 5.74) is 0.535. The van der Waals surface area contributed by atoms with Gasteiger partial charge in [-0.1, -0.05) is 12.1 Å². The highest BCUT2D eigenvalue weighted by Crippen LogP contribution is 2.21. The molecular formula is C10H7NO4. The van der Waals surface area contributed by atoms with E-state index in [0.717, 1.165) is 4.90 Å². The molecule has 0 unspecified atom stereocenters. The number of imide groups is 1. The van der Waals surface area contributed by atoms with Crippen molar-refractivity contribution in [1.82, 2.24) is 4.90 Å². The molecule has 1 aliphatic rings. The van der Waals surface area contributed by atoms with Gasteiger partial charge in [0.1, 0.15) is 6.54 Å². The van der Waals surface area contributed by atoms with Crippen LogP contribution in [0.25, 0.3) is 0 Å².